The van der Waals surface area contributed by atoms with E-state index in [1.165, 1.54) is 7.11 Å². The number of carbonyl (C=O) groups is 2. The lowest BCUT2D eigenvalue weighted by molar-refractivity contribution is -0.142. The molecule has 0 N–H and O–H groups in total. The van der Waals surface area contributed by atoms with Crippen LogP contribution in [0.25, 0.3) is 0 Å². The summed E-state index contributed by atoms with van der Waals surface area (Å²) in [6, 6.07) is 6.84. The summed E-state index contributed by atoms with van der Waals surface area (Å²) in [5.74, 6) is -0.927. The monoisotopic (exact) mass is 293 g/mol. The number of hydrogen-bond acceptors (Lipinski definition) is 6. The largest absolute Gasteiger partial charge is 0.465 e. The lowest BCUT2D eigenvalue weighted by Crippen LogP contribution is -2.23. The first-order chi connectivity index (χ1) is 9.63. The zero-order valence-electron chi connectivity index (χ0n) is 11.3. The summed E-state index contributed by atoms with van der Waals surface area (Å²) in [4.78, 5) is 23.4. The highest BCUT2D eigenvalue weighted by Gasteiger charge is 2.23. The zero-order valence-corrected chi connectivity index (χ0v) is 12.1. The van der Waals surface area contributed by atoms with Gasteiger partial charge in [0.15, 0.2) is 0 Å². The molecule has 0 unspecified atom stereocenters. The predicted molar refractivity (Wildman–Crippen MR) is 75.1 cm³/mol. The summed E-state index contributed by atoms with van der Waals surface area (Å²) >= 11 is 0.826. The standard InChI is InChI=1S/C14H15NO4S/c1-3-19-14(17)12(20-9-15)8-10-6-4-5-7-11(10)13(16)18-2/h4-7,12H,3,8H2,1-2H3/t12-/m0/s1. The molecule has 0 aliphatic rings. The van der Waals surface area contributed by atoms with E-state index in [4.69, 9.17) is 14.7 Å². The molecule has 0 spiro atoms. The first-order valence-electron chi connectivity index (χ1n) is 6.01. The number of thioether (sulfide) groups is 1. The molecule has 0 aliphatic carbocycles. The normalized spacial score (nSPS) is 11.2. The Kier molecular flexibility index (Phi) is 6.60. The van der Waals surface area contributed by atoms with Crippen molar-refractivity contribution in [2.75, 3.05) is 13.7 Å². The van der Waals surface area contributed by atoms with Crippen LogP contribution in [-0.4, -0.2) is 30.9 Å². The van der Waals surface area contributed by atoms with Gasteiger partial charge in [-0.15, -0.1) is 0 Å². The van der Waals surface area contributed by atoms with Gasteiger partial charge in [0.2, 0.25) is 0 Å². The van der Waals surface area contributed by atoms with E-state index >= 15 is 0 Å². The molecule has 0 saturated heterocycles. The Morgan fingerprint density at radius 2 is 2.10 bits per heavy atom. The molecule has 20 heavy (non-hydrogen) atoms. The highest BCUT2D eigenvalue weighted by molar-refractivity contribution is 8.04. The number of methoxy groups -OCH3 is 1. The third-order valence-electron chi connectivity index (χ3n) is 2.57. The van der Waals surface area contributed by atoms with Crippen LogP contribution >= 0.6 is 11.8 Å². The quantitative estimate of drug-likeness (QED) is 0.591. The third-order valence-corrected chi connectivity index (χ3v) is 3.32. The van der Waals surface area contributed by atoms with Gasteiger partial charge < -0.3 is 9.47 Å². The van der Waals surface area contributed by atoms with Crippen molar-refractivity contribution in [3.8, 4) is 5.40 Å². The molecular weight excluding hydrogens is 278 g/mol. The third kappa shape index (κ3) is 4.28. The Balaban J connectivity index is 2.97. The van der Waals surface area contributed by atoms with Gasteiger partial charge in [-0.05, 0) is 36.7 Å². The van der Waals surface area contributed by atoms with Crippen LogP contribution in [0.2, 0.25) is 0 Å². The Hall–Kier alpha value is -2.00. The minimum absolute atomic E-state index is 0.238. The molecule has 1 atom stereocenters. The summed E-state index contributed by atoms with van der Waals surface area (Å²) in [5.41, 5.74) is 1.04. The summed E-state index contributed by atoms with van der Waals surface area (Å²) in [6.45, 7) is 1.95. The van der Waals surface area contributed by atoms with Crippen LogP contribution in [0.4, 0.5) is 0 Å². The highest BCUT2D eigenvalue weighted by atomic mass is 32.2. The molecule has 0 saturated carbocycles. The number of esters is 2. The minimum atomic E-state index is -0.661. The second-order valence-corrected chi connectivity index (χ2v) is 4.79. The molecule has 0 heterocycles. The molecule has 1 rings (SSSR count). The first-order valence-corrected chi connectivity index (χ1v) is 6.89. The fraction of sp³-hybridized carbons (Fsp3) is 0.357. The number of nitrogens with zero attached hydrogens (tertiary/aromatic N) is 1. The van der Waals surface area contributed by atoms with Crippen molar-refractivity contribution in [2.24, 2.45) is 0 Å². The van der Waals surface area contributed by atoms with Gasteiger partial charge in [0.05, 0.1) is 19.3 Å². The molecule has 0 amide bonds. The van der Waals surface area contributed by atoms with E-state index < -0.39 is 17.2 Å². The zero-order chi connectivity index (χ0) is 15.0. The fourth-order valence-electron chi connectivity index (χ4n) is 1.68. The number of hydrogen-bond donors (Lipinski definition) is 0. The van der Waals surface area contributed by atoms with Crippen molar-refractivity contribution in [1.29, 1.82) is 5.26 Å². The summed E-state index contributed by atoms with van der Waals surface area (Å²) in [5, 5.41) is 10.00. The molecule has 0 aromatic heterocycles. The second kappa shape index (κ2) is 8.23. The predicted octanol–water partition coefficient (Wildman–Crippen LogP) is 2.16. The SMILES string of the molecule is CCOC(=O)[C@H](Cc1ccccc1C(=O)OC)SC#N. The molecule has 0 aliphatic heterocycles. The number of benzene rings is 1. The van der Waals surface area contributed by atoms with Crippen molar-refractivity contribution in [1.82, 2.24) is 0 Å². The first kappa shape index (κ1) is 16.1. The average molecular weight is 293 g/mol. The van der Waals surface area contributed by atoms with Gasteiger partial charge in [0.25, 0.3) is 0 Å². The van der Waals surface area contributed by atoms with E-state index in [0.29, 0.717) is 11.1 Å². The Bertz CT molecular complexity index is 524. The van der Waals surface area contributed by atoms with Crippen molar-refractivity contribution >= 4 is 23.7 Å². The van der Waals surface area contributed by atoms with Crippen molar-refractivity contribution in [3.05, 3.63) is 35.4 Å². The Morgan fingerprint density at radius 3 is 2.70 bits per heavy atom. The molecule has 0 radical (unpaired) electrons. The van der Waals surface area contributed by atoms with Gasteiger partial charge in [0, 0.05) is 0 Å². The van der Waals surface area contributed by atoms with Crippen molar-refractivity contribution in [2.45, 2.75) is 18.6 Å². The summed E-state index contributed by atoms with van der Waals surface area (Å²) in [6.07, 6.45) is 0.238. The number of carbonyl (C=O) groups excluding carboxylic acids is 2. The maximum absolute atomic E-state index is 11.8. The van der Waals surface area contributed by atoms with Gasteiger partial charge in [-0.2, -0.15) is 5.26 Å². The minimum Gasteiger partial charge on any atom is -0.465 e. The van der Waals surface area contributed by atoms with Crippen LogP contribution in [-0.2, 0) is 20.7 Å². The van der Waals surface area contributed by atoms with Crippen molar-refractivity contribution in [3.63, 3.8) is 0 Å². The van der Waals surface area contributed by atoms with E-state index in [2.05, 4.69) is 0 Å². The fourth-order valence-corrected chi connectivity index (χ4v) is 2.23. The maximum Gasteiger partial charge on any atom is 0.338 e. The van der Waals surface area contributed by atoms with Crippen LogP contribution in [0.5, 0.6) is 0 Å². The number of thiocyanates is 1. The molecule has 1 aromatic rings. The van der Waals surface area contributed by atoms with E-state index in [-0.39, 0.29) is 13.0 Å². The van der Waals surface area contributed by atoms with E-state index in [9.17, 15) is 9.59 Å². The summed E-state index contributed by atoms with van der Waals surface area (Å²) in [7, 11) is 1.30. The van der Waals surface area contributed by atoms with E-state index in [1.807, 2.05) is 5.40 Å². The lowest BCUT2D eigenvalue weighted by atomic mass is 10.0. The van der Waals surface area contributed by atoms with Gasteiger partial charge >= 0.3 is 11.9 Å². The molecule has 106 valence electrons. The average Bonchev–Trinajstić information content (AvgIpc) is 2.46. The van der Waals surface area contributed by atoms with Gasteiger partial charge in [-0.1, -0.05) is 18.2 Å². The van der Waals surface area contributed by atoms with Crippen LogP contribution in [0, 0.1) is 10.7 Å². The topological polar surface area (TPSA) is 76.4 Å². The van der Waals surface area contributed by atoms with Gasteiger partial charge in [-0.3, -0.25) is 4.79 Å². The summed E-state index contributed by atoms with van der Waals surface area (Å²) < 4.78 is 9.63. The smallest absolute Gasteiger partial charge is 0.338 e. The van der Waals surface area contributed by atoms with E-state index in [0.717, 1.165) is 11.8 Å². The Morgan fingerprint density at radius 1 is 1.40 bits per heavy atom. The van der Waals surface area contributed by atoms with Crippen LogP contribution in [0.1, 0.15) is 22.8 Å². The number of nitriles is 1. The molecule has 0 fully saturated rings. The van der Waals surface area contributed by atoms with Crippen LogP contribution in [0.3, 0.4) is 0 Å². The highest BCUT2D eigenvalue weighted by Crippen LogP contribution is 2.20. The number of ether oxygens (including phenoxy) is 2. The van der Waals surface area contributed by atoms with Gasteiger partial charge in [-0.25, -0.2) is 4.79 Å². The van der Waals surface area contributed by atoms with E-state index in [1.54, 1.807) is 31.2 Å². The molecule has 6 heteroatoms. The van der Waals surface area contributed by atoms with Crippen LogP contribution < -0.4 is 0 Å². The Labute approximate surface area is 121 Å². The van der Waals surface area contributed by atoms with Crippen LogP contribution in [0.15, 0.2) is 24.3 Å². The maximum atomic E-state index is 11.8. The molecule has 1 aromatic carbocycles. The number of rotatable bonds is 6. The van der Waals surface area contributed by atoms with Gasteiger partial charge in [0.1, 0.15) is 10.7 Å². The second-order valence-electron chi connectivity index (χ2n) is 3.80. The molecular formula is C14H15NO4S. The molecule has 5 nitrogen and oxygen atoms in total. The molecule has 0 bridgehead atoms. The lowest BCUT2D eigenvalue weighted by Gasteiger charge is -2.13. The van der Waals surface area contributed by atoms with Crippen molar-refractivity contribution < 1.29 is 19.1 Å².